The second kappa shape index (κ2) is 5.30. The maximum absolute atomic E-state index is 11.7. The van der Waals surface area contributed by atoms with Gasteiger partial charge in [-0.2, -0.15) is 10.4 Å². The number of aromatic carboxylic acids is 1. The first kappa shape index (κ1) is 16.1. The highest BCUT2D eigenvalue weighted by molar-refractivity contribution is 5.93. The lowest BCUT2D eigenvalue weighted by atomic mass is 9.86. The van der Waals surface area contributed by atoms with E-state index in [0.717, 1.165) is 24.1 Å². The van der Waals surface area contributed by atoms with E-state index in [1.54, 1.807) is 10.7 Å². The molecule has 1 atom stereocenters. The summed E-state index contributed by atoms with van der Waals surface area (Å²) >= 11 is 0. The van der Waals surface area contributed by atoms with E-state index in [4.69, 9.17) is 9.84 Å². The second-order valence-electron chi connectivity index (χ2n) is 7.80. The Morgan fingerprint density at radius 1 is 1.44 bits per heavy atom. The molecule has 1 aliphatic heterocycles. The average Bonchev–Trinajstić information content (AvgIpc) is 3.26. The van der Waals surface area contributed by atoms with Crippen molar-refractivity contribution >= 4 is 11.5 Å². The molecule has 2 aliphatic rings. The van der Waals surface area contributed by atoms with Gasteiger partial charge in [-0.3, -0.25) is 0 Å². The van der Waals surface area contributed by atoms with E-state index in [2.05, 4.69) is 19.9 Å². The summed E-state index contributed by atoms with van der Waals surface area (Å²) in [5, 5.41) is 23.8. The normalized spacial score (nSPS) is 24.0. The van der Waals surface area contributed by atoms with Crippen LogP contribution >= 0.6 is 0 Å². The summed E-state index contributed by atoms with van der Waals surface area (Å²) in [5.41, 5.74) is 1.65. The first-order chi connectivity index (χ1) is 11.9. The van der Waals surface area contributed by atoms with Crippen LogP contribution in [0.25, 0.3) is 5.52 Å². The third-order valence-electron chi connectivity index (χ3n) is 5.45. The van der Waals surface area contributed by atoms with Gasteiger partial charge in [0, 0.05) is 24.3 Å². The number of ether oxygens (including phenoxy) is 1. The zero-order valence-corrected chi connectivity index (χ0v) is 14.5. The topological polar surface area (TPSA) is 87.6 Å². The van der Waals surface area contributed by atoms with Crippen molar-refractivity contribution in [1.29, 1.82) is 5.26 Å². The van der Waals surface area contributed by atoms with E-state index in [-0.39, 0.29) is 17.1 Å². The molecule has 25 heavy (non-hydrogen) atoms. The SMILES string of the molecule is CC1(C)CC(c2ccc3c(C4(C#N)CC4)c(C(=O)O)cn3n2)CCO1. The molecule has 0 aromatic carbocycles. The summed E-state index contributed by atoms with van der Waals surface area (Å²) < 4.78 is 7.43. The van der Waals surface area contributed by atoms with Gasteiger partial charge in [-0.1, -0.05) is 0 Å². The summed E-state index contributed by atoms with van der Waals surface area (Å²) in [6.07, 6.45) is 4.76. The van der Waals surface area contributed by atoms with Gasteiger partial charge in [0.25, 0.3) is 0 Å². The molecule has 0 radical (unpaired) electrons. The summed E-state index contributed by atoms with van der Waals surface area (Å²) in [6, 6.07) is 6.21. The molecule has 1 saturated carbocycles. The first-order valence-corrected chi connectivity index (χ1v) is 8.66. The van der Waals surface area contributed by atoms with Gasteiger partial charge < -0.3 is 9.84 Å². The van der Waals surface area contributed by atoms with Crippen LogP contribution in [0.15, 0.2) is 18.3 Å². The third-order valence-corrected chi connectivity index (χ3v) is 5.45. The highest BCUT2D eigenvalue weighted by Crippen LogP contribution is 2.50. The highest BCUT2D eigenvalue weighted by atomic mass is 16.5. The fraction of sp³-hybridized carbons (Fsp3) is 0.526. The van der Waals surface area contributed by atoms with Crippen LogP contribution in [0, 0.1) is 11.3 Å². The maximum Gasteiger partial charge on any atom is 0.337 e. The Hall–Kier alpha value is -2.39. The summed E-state index contributed by atoms with van der Waals surface area (Å²) in [5.74, 6) is -0.714. The Kier molecular flexibility index (Phi) is 3.41. The Bertz CT molecular complexity index is 903. The zero-order chi connectivity index (χ0) is 17.8. The number of carboxylic acids is 1. The van der Waals surface area contributed by atoms with Crippen molar-refractivity contribution in [2.75, 3.05) is 6.61 Å². The number of aromatic nitrogens is 2. The monoisotopic (exact) mass is 339 g/mol. The molecule has 3 heterocycles. The van der Waals surface area contributed by atoms with Crippen molar-refractivity contribution in [2.24, 2.45) is 0 Å². The van der Waals surface area contributed by atoms with Crippen LogP contribution < -0.4 is 0 Å². The molecule has 2 fully saturated rings. The maximum atomic E-state index is 11.7. The van der Waals surface area contributed by atoms with E-state index in [1.165, 1.54) is 0 Å². The molecule has 0 bridgehead atoms. The third kappa shape index (κ3) is 2.59. The van der Waals surface area contributed by atoms with Crippen LogP contribution in [0.3, 0.4) is 0 Å². The number of nitrogens with zero attached hydrogens (tertiary/aromatic N) is 3. The van der Waals surface area contributed by atoms with E-state index in [9.17, 15) is 15.2 Å². The van der Waals surface area contributed by atoms with Gasteiger partial charge in [0.2, 0.25) is 0 Å². The van der Waals surface area contributed by atoms with Crippen molar-refractivity contribution in [1.82, 2.24) is 9.61 Å². The fourth-order valence-corrected chi connectivity index (χ4v) is 3.98. The van der Waals surface area contributed by atoms with Gasteiger partial charge in [0.05, 0.1) is 33.9 Å². The van der Waals surface area contributed by atoms with Gasteiger partial charge in [-0.05, 0) is 51.7 Å². The number of fused-ring (bicyclic) bond motifs is 1. The zero-order valence-electron chi connectivity index (χ0n) is 14.5. The predicted octanol–water partition coefficient (Wildman–Crippen LogP) is 3.26. The summed E-state index contributed by atoms with van der Waals surface area (Å²) in [7, 11) is 0. The highest BCUT2D eigenvalue weighted by Gasteiger charge is 2.49. The first-order valence-electron chi connectivity index (χ1n) is 8.66. The quantitative estimate of drug-likeness (QED) is 0.927. The molecule has 6 nitrogen and oxygen atoms in total. The van der Waals surface area contributed by atoms with Gasteiger partial charge in [0.15, 0.2) is 0 Å². The van der Waals surface area contributed by atoms with Gasteiger partial charge in [-0.15, -0.1) is 0 Å². The van der Waals surface area contributed by atoms with Crippen molar-refractivity contribution < 1.29 is 14.6 Å². The minimum atomic E-state index is -1.00. The molecule has 1 aliphatic carbocycles. The van der Waals surface area contributed by atoms with Crippen LogP contribution in [0.2, 0.25) is 0 Å². The number of hydrogen-bond donors (Lipinski definition) is 1. The molecule has 2 aromatic heterocycles. The molecule has 6 heteroatoms. The summed E-state index contributed by atoms with van der Waals surface area (Å²) in [4.78, 5) is 11.7. The number of hydrogen-bond acceptors (Lipinski definition) is 4. The van der Waals surface area contributed by atoms with Crippen molar-refractivity contribution in [3.05, 3.63) is 35.2 Å². The standard InChI is InChI=1S/C19H21N3O3/c1-18(2)9-12(5-8-25-18)14-3-4-15-16(19(11-20)6-7-19)13(17(23)24)10-22(15)21-14/h3-4,10,12H,5-9H2,1-2H3,(H,23,24). The van der Waals surface area contributed by atoms with Crippen molar-refractivity contribution in [2.45, 2.75) is 56.5 Å². The smallest absolute Gasteiger partial charge is 0.337 e. The molecule has 130 valence electrons. The van der Waals surface area contributed by atoms with Crippen LogP contribution in [-0.4, -0.2) is 32.9 Å². The lowest BCUT2D eigenvalue weighted by molar-refractivity contribution is -0.0598. The second-order valence-corrected chi connectivity index (χ2v) is 7.80. The largest absolute Gasteiger partial charge is 0.478 e. The molecule has 2 aromatic rings. The number of carbonyl (C=O) groups is 1. The van der Waals surface area contributed by atoms with E-state index in [1.807, 2.05) is 12.1 Å². The lowest BCUT2D eigenvalue weighted by Gasteiger charge is -2.35. The van der Waals surface area contributed by atoms with Gasteiger partial charge in [-0.25, -0.2) is 9.31 Å². The summed E-state index contributed by atoms with van der Waals surface area (Å²) in [6.45, 7) is 4.86. The predicted molar refractivity (Wildman–Crippen MR) is 90.7 cm³/mol. The molecule has 4 rings (SSSR count). The molecular weight excluding hydrogens is 318 g/mol. The average molecular weight is 339 g/mol. The molecule has 1 unspecified atom stereocenters. The Morgan fingerprint density at radius 3 is 2.80 bits per heavy atom. The van der Waals surface area contributed by atoms with E-state index < -0.39 is 11.4 Å². The van der Waals surface area contributed by atoms with Crippen molar-refractivity contribution in [3.8, 4) is 6.07 Å². The Morgan fingerprint density at radius 2 is 2.20 bits per heavy atom. The lowest BCUT2D eigenvalue weighted by Crippen LogP contribution is -2.33. The van der Waals surface area contributed by atoms with E-state index in [0.29, 0.717) is 25.0 Å². The molecule has 1 saturated heterocycles. The van der Waals surface area contributed by atoms with E-state index >= 15 is 0 Å². The van der Waals surface area contributed by atoms with Gasteiger partial charge >= 0.3 is 5.97 Å². The Labute approximate surface area is 146 Å². The minimum absolute atomic E-state index is 0.174. The van der Waals surface area contributed by atoms with Crippen LogP contribution in [0.5, 0.6) is 0 Å². The molecular formula is C19H21N3O3. The fourth-order valence-electron chi connectivity index (χ4n) is 3.98. The van der Waals surface area contributed by atoms with Crippen molar-refractivity contribution in [3.63, 3.8) is 0 Å². The number of carboxylic acid groups (broad SMARTS) is 1. The molecule has 1 N–H and O–H groups in total. The minimum Gasteiger partial charge on any atom is -0.478 e. The van der Waals surface area contributed by atoms with Crippen LogP contribution in [-0.2, 0) is 10.2 Å². The number of rotatable bonds is 3. The molecule has 0 amide bonds. The van der Waals surface area contributed by atoms with Gasteiger partial charge in [0.1, 0.15) is 0 Å². The van der Waals surface area contributed by atoms with Crippen LogP contribution in [0.1, 0.15) is 67.1 Å². The Balaban J connectivity index is 1.80. The van der Waals surface area contributed by atoms with Crippen LogP contribution in [0.4, 0.5) is 0 Å². The molecule has 0 spiro atoms. The number of nitriles is 1.